The molecule has 0 aliphatic heterocycles. The van der Waals surface area contributed by atoms with Crippen molar-refractivity contribution in [2.75, 3.05) is 5.73 Å². The van der Waals surface area contributed by atoms with Gasteiger partial charge in [0, 0.05) is 18.4 Å². The molecule has 1 rings (SSSR count). The van der Waals surface area contributed by atoms with Crippen LogP contribution in [0.5, 0.6) is 0 Å². The second kappa shape index (κ2) is 2.66. The summed E-state index contributed by atoms with van der Waals surface area (Å²) in [6.07, 6.45) is 3.33. The van der Waals surface area contributed by atoms with E-state index >= 15 is 0 Å². The Hall–Kier alpha value is -1.09. The highest BCUT2D eigenvalue weighted by Gasteiger charge is 1.97. The Bertz CT molecular complexity index is 220. The van der Waals surface area contributed by atoms with E-state index < -0.39 is 0 Å². The molecule has 1 aromatic rings. The quantitative estimate of drug-likeness (QED) is 0.598. The third kappa shape index (κ3) is 1.45. The average Bonchev–Trinajstić information content (AvgIpc) is 1.88. The summed E-state index contributed by atoms with van der Waals surface area (Å²) >= 11 is 0. The molecule has 0 bridgehead atoms. The number of hydrogen-bond donors (Lipinski definition) is 2. The summed E-state index contributed by atoms with van der Waals surface area (Å²) in [7, 11) is 0. The molecule has 0 amide bonds. The van der Waals surface area contributed by atoms with Crippen molar-refractivity contribution in [3.63, 3.8) is 0 Å². The van der Waals surface area contributed by atoms with E-state index in [2.05, 4.69) is 4.98 Å². The number of nitrogens with two attached hydrogens (primary N) is 2. The van der Waals surface area contributed by atoms with Gasteiger partial charge < -0.3 is 11.5 Å². The third-order valence-electron chi connectivity index (χ3n) is 1.31. The van der Waals surface area contributed by atoms with Crippen LogP contribution in [0.15, 0.2) is 18.5 Å². The zero-order chi connectivity index (χ0) is 7.56. The summed E-state index contributed by atoms with van der Waals surface area (Å²) < 4.78 is 0. The van der Waals surface area contributed by atoms with Gasteiger partial charge in [0.05, 0.1) is 5.69 Å². The van der Waals surface area contributed by atoms with Gasteiger partial charge in [-0.2, -0.15) is 0 Å². The van der Waals surface area contributed by atoms with Gasteiger partial charge in [-0.15, -0.1) is 0 Å². The summed E-state index contributed by atoms with van der Waals surface area (Å²) in [5, 5.41) is 0. The van der Waals surface area contributed by atoms with E-state index in [-0.39, 0.29) is 6.04 Å². The van der Waals surface area contributed by atoms with E-state index in [1.54, 1.807) is 12.4 Å². The van der Waals surface area contributed by atoms with Crippen LogP contribution < -0.4 is 11.5 Å². The topological polar surface area (TPSA) is 64.9 Å². The van der Waals surface area contributed by atoms with Gasteiger partial charge in [0.15, 0.2) is 0 Å². The minimum Gasteiger partial charge on any atom is -0.397 e. The minimum absolute atomic E-state index is 0.0102. The van der Waals surface area contributed by atoms with Gasteiger partial charge in [0.25, 0.3) is 0 Å². The highest BCUT2D eigenvalue weighted by Crippen LogP contribution is 2.10. The maximum atomic E-state index is 5.59. The van der Waals surface area contributed by atoms with E-state index in [1.807, 2.05) is 13.0 Å². The fourth-order valence-corrected chi connectivity index (χ4v) is 0.725. The van der Waals surface area contributed by atoms with Crippen LogP contribution in [-0.4, -0.2) is 4.98 Å². The lowest BCUT2D eigenvalue weighted by molar-refractivity contribution is 0.812. The molecular weight excluding hydrogens is 126 g/mol. The molecule has 4 N–H and O–H groups in total. The summed E-state index contributed by atoms with van der Waals surface area (Å²) in [5.74, 6) is 0. The number of rotatable bonds is 1. The zero-order valence-electron chi connectivity index (χ0n) is 5.91. The van der Waals surface area contributed by atoms with Gasteiger partial charge in [-0.25, -0.2) is 0 Å². The Labute approximate surface area is 60.1 Å². The molecule has 54 valence electrons. The minimum atomic E-state index is 0.0102. The Kier molecular flexibility index (Phi) is 1.87. The van der Waals surface area contributed by atoms with Crippen LogP contribution in [0.1, 0.15) is 18.5 Å². The third-order valence-corrected chi connectivity index (χ3v) is 1.31. The first-order chi connectivity index (χ1) is 4.70. The molecule has 10 heavy (non-hydrogen) atoms. The van der Waals surface area contributed by atoms with Gasteiger partial charge in [-0.1, -0.05) is 0 Å². The van der Waals surface area contributed by atoms with Crippen molar-refractivity contribution in [2.24, 2.45) is 5.73 Å². The number of anilines is 1. The Morgan fingerprint density at radius 2 is 2.20 bits per heavy atom. The molecule has 0 aliphatic rings. The predicted molar refractivity (Wildman–Crippen MR) is 41.3 cm³/mol. The first-order valence-electron chi connectivity index (χ1n) is 3.16. The molecule has 0 aliphatic carbocycles. The molecule has 0 aromatic carbocycles. The molecule has 1 aromatic heterocycles. The van der Waals surface area contributed by atoms with Crippen molar-refractivity contribution < 1.29 is 0 Å². The molecule has 0 radical (unpaired) electrons. The highest BCUT2D eigenvalue weighted by atomic mass is 14.7. The summed E-state index contributed by atoms with van der Waals surface area (Å²) in [6, 6.07) is 1.84. The molecule has 1 heterocycles. The average molecular weight is 137 g/mol. The van der Waals surface area contributed by atoms with Crippen molar-refractivity contribution in [3.8, 4) is 0 Å². The first kappa shape index (κ1) is 7.02. The summed E-state index contributed by atoms with van der Waals surface area (Å²) in [4.78, 5) is 3.90. The zero-order valence-corrected chi connectivity index (χ0v) is 5.91. The smallest absolute Gasteiger partial charge is 0.0503 e. The molecule has 3 heteroatoms. The Morgan fingerprint density at radius 1 is 1.50 bits per heavy atom. The lowest BCUT2D eigenvalue weighted by atomic mass is 10.1. The molecule has 0 unspecified atom stereocenters. The fraction of sp³-hybridized carbons (Fsp3) is 0.286. The van der Waals surface area contributed by atoms with Crippen LogP contribution in [0.25, 0.3) is 0 Å². The monoisotopic (exact) mass is 137 g/mol. The van der Waals surface area contributed by atoms with E-state index in [1.165, 1.54) is 0 Å². The van der Waals surface area contributed by atoms with Gasteiger partial charge in [-0.3, -0.25) is 4.98 Å². The number of nitrogen functional groups attached to an aromatic ring is 1. The molecule has 3 nitrogen and oxygen atoms in total. The van der Waals surface area contributed by atoms with Crippen LogP contribution in [0.4, 0.5) is 5.69 Å². The maximum Gasteiger partial charge on any atom is 0.0503 e. The van der Waals surface area contributed by atoms with Crippen molar-refractivity contribution in [3.05, 3.63) is 24.0 Å². The summed E-state index contributed by atoms with van der Waals surface area (Å²) in [5.41, 5.74) is 12.7. The van der Waals surface area contributed by atoms with Crippen LogP contribution in [-0.2, 0) is 0 Å². The van der Waals surface area contributed by atoms with Crippen LogP contribution >= 0.6 is 0 Å². The van der Waals surface area contributed by atoms with Crippen molar-refractivity contribution in [1.29, 1.82) is 0 Å². The van der Waals surface area contributed by atoms with Gasteiger partial charge in [0.1, 0.15) is 0 Å². The van der Waals surface area contributed by atoms with Gasteiger partial charge >= 0.3 is 0 Å². The van der Waals surface area contributed by atoms with Crippen LogP contribution in [0.2, 0.25) is 0 Å². The van der Waals surface area contributed by atoms with Crippen molar-refractivity contribution in [1.82, 2.24) is 4.98 Å². The lowest BCUT2D eigenvalue weighted by Crippen LogP contribution is -2.05. The standard InChI is InChI=1S/C7H11N3/c1-5(8)6-2-7(9)4-10-3-6/h2-5H,8-9H2,1H3/t5-/m1/s1. The number of hydrogen-bond acceptors (Lipinski definition) is 3. The van der Waals surface area contributed by atoms with Crippen LogP contribution in [0, 0.1) is 0 Å². The molecule has 0 fully saturated rings. The molecule has 1 atom stereocenters. The van der Waals surface area contributed by atoms with E-state index in [0.717, 1.165) is 5.56 Å². The molecule has 0 spiro atoms. The fourth-order valence-electron chi connectivity index (χ4n) is 0.725. The molecule has 0 saturated heterocycles. The summed E-state index contributed by atoms with van der Waals surface area (Å²) in [6.45, 7) is 1.90. The lowest BCUT2D eigenvalue weighted by Gasteiger charge is -2.03. The number of nitrogens with zero attached hydrogens (tertiary/aromatic N) is 1. The predicted octanol–water partition coefficient (Wildman–Crippen LogP) is 0.684. The first-order valence-corrected chi connectivity index (χ1v) is 3.16. The largest absolute Gasteiger partial charge is 0.397 e. The van der Waals surface area contributed by atoms with Crippen LogP contribution in [0.3, 0.4) is 0 Å². The molecule has 0 saturated carbocycles. The van der Waals surface area contributed by atoms with Gasteiger partial charge in [0.2, 0.25) is 0 Å². The van der Waals surface area contributed by atoms with E-state index in [9.17, 15) is 0 Å². The molecular formula is C7H11N3. The Balaban J connectivity index is 2.96. The second-order valence-corrected chi connectivity index (χ2v) is 2.34. The van der Waals surface area contributed by atoms with Crippen molar-refractivity contribution in [2.45, 2.75) is 13.0 Å². The highest BCUT2D eigenvalue weighted by molar-refractivity contribution is 5.37. The second-order valence-electron chi connectivity index (χ2n) is 2.34. The Morgan fingerprint density at radius 3 is 2.60 bits per heavy atom. The normalized spacial score (nSPS) is 13.0. The number of pyridine rings is 1. The van der Waals surface area contributed by atoms with E-state index in [4.69, 9.17) is 11.5 Å². The van der Waals surface area contributed by atoms with Crippen molar-refractivity contribution >= 4 is 5.69 Å². The number of aromatic nitrogens is 1. The van der Waals surface area contributed by atoms with E-state index in [0.29, 0.717) is 5.69 Å². The SMILES string of the molecule is C[C@@H](N)c1cncc(N)c1. The maximum absolute atomic E-state index is 5.59. The van der Waals surface area contributed by atoms with Gasteiger partial charge in [-0.05, 0) is 18.6 Å².